The van der Waals surface area contributed by atoms with Crippen LogP contribution in [0.25, 0.3) is 22.5 Å². The van der Waals surface area contributed by atoms with Gasteiger partial charge in [-0.1, -0.05) is 42.0 Å². The van der Waals surface area contributed by atoms with E-state index in [4.69, 9.17) is 4.74 Å². The van der Waals surface area contributed by atoms with Gasteiger partial charge in [0.25, 0.3) is 0 Å². The van der Waals surface area contributed by atoms with E-state index in [9.17, 15) is 4.79 Å². The third kappa shape index (κ3) is 5.63. The molecule has 4 aromatic rings. The number of carbonyl (C=O) groups excluding carboxylic acids is 1. The molecule has 1 heterocycles. The van der Waals surface area contributed by atoms with Gasteiger partial charge in [0, 0.05) is 11.3 Å². The molecule has 0 atom stereocenters. The number of aromatic nitrogens is 4. The van der Waals surface area contributed by atoms with Crippen LogP contribution in [-0.4, -0.2) is 33.3 Å². The molecule has 2 fully saturated rings. The number of benzene rings is 3. The molecular weight excluding hydrogens is 464 g/mol. The number of nitrogens with zero attached hydrogens (tertiary/aromatic N) is 3. The van der Waals surface area contributed by atoms with Crippen molar-refractivity contribution in [2.75, 3.05) is 17.2 Å². The molecule has 0 spiro atoms. The first kappa shape index (κ1) is 23.2. The number of urea groups is 1. The van der Waals surface area contributed by atoms with Crippen molar-refractivity contribution in [3.8, 4) is 28.3 Å². The molecule has 0 bridgehead atoms. The van der Waals surface area contributed by atoms with E-state index in [1.807, 2.05) is 61.5 Å². The second-order valence-electron chi connectivity index (χ2n) is 10.1. The van der Waals surface area contributed by atoms with E-state index in [0.717, 1.165) is 45.7 Å². The highest BCUT2D eigenvalue weighted by atomic mass is 16.5. The summed E-state index contributed by atoms with van der Waals surface area (Å²) in [7, 11) is 0. The predicted octanol–water partition coefficient (Wildman–Crippen LogP) is 6.23. The molecule has 2 amide bonds. The van der Waals surface area contributed by atoms with E-state index in [1.165, 1.54) is 25.7 Å². The monoisotopic (exact) mass is 494 g/mol. The maximum atomic E-state index is 13.1. The Morgan fingerprint density at radius 3 is 2.43 bits per heavy atom. The lowest BCUT2D eigenvalue weighted by atomic mass is 9.94. The number of H-pyrrole nitrogens is 1. The zero-order chi connectivity index (χ0) is 25.2. The average Bonchev–Trinajstić information content (AvgIpc) is 3.84. The highest BCUT2D eigenvalue weighted by molar-refractivity contribution is 6.01. The summed E-state index contributed by atoms with van der Waals surface area (Å²) in [5.74, 6) is 2.56. The van der Waals surface area contributed by atoms with Gasteiger partial charge in [-0.15, -0.1) is 10.2 Å². The molecule has 2 aliphatic rings. The van der Waals surface area contributed by atoms with E-state index >= 15 is 0 Å². The fourth-order valence-corrected chi connectivity index (χ4v) is 4.51. The quantitative estimate of drug-likeness (QED) is 0.256. The summed E-state index contributed by atoms with van der Waals surface area (Å²) in [4.78, 5) is 13.1. The second-order valence-corrected chi connectivity index (χ2v) is 10.1. The third-order valence-electron chi connectivity index (χ3n) is 6.91. The van der Waals surface area contributed by atoms with Crippen LogP contribution in [0.15, 0.2) is 60.7 Å². The van der Waals surface area contributed by atoms with Gasteiger partial charge in [0.05, 0.1) is 12.3 Å². The number of carbonyl (C=O) groups is 1. The van der Waals surface area contributed by atoms with E-state index in [0.29, 0.717) is 30.0 Å². The minimum absolute atomic E-state index is 0.305. The van der Waals surface area contributed by atoms with Crippen LogP contribution in [0.3, 0.4) is 0 Å². The maximum absolute atomic E-state index is 13.1. The summed E-state index contributed by atoms with van der Waals surface area (Å²) >= 11 is 0. The number of tetrazole rings is 1. The third-order valence-corrected chi connectivity index (χ3v) is 6.91. The number of amides is 2. The van der Waals surface area contributed by atoms with Gasteiger partial charge in [0.2, 0.25) is 5.82 Å². The number of nitrogens with one attached hydrogen (secondary N) is 3. The van der Waals surface area contributed by atoms with Crippen molar-refractivity contribution in [2.24, 2.45) is 11.8 Å². The molecule has 3 aromatic carbocycles. The zero-order valence-electron chi connectivity index (χ0n) is 20.8. The first-order valence-electron chi connectivity index (χ1n) is 12.9. The first-order chi connectivity index (χ1) is 18.1. The van der Waals surface area contributed by atoms with Crippen LogP contribution in [0.4, 0.5) is 16.2 Å². The summed E-state index contributed by atoms with van der Waals surface area (Å²) in [5, 5.41) is 20.7. The molecule has 6 rings (SSSR count). The molecule has 2 saturated carbocycles. The van der Waals surface area contributed by atoms with Gasteiger partial charge in [0.1, 0.15) is 5.75 Å². The Morgan fingerprint density at radius 1 is 0.973 bits per heavy atom. The smallest absolute Gasteiger partial charge is 0.323 e. The van der Waals surface area contributed by atoms with Gasteiger partial charge in [-0.05, 0) is 97.0 Å². The largest absolute Gasteiger partial charge is 0.491 e. The lowest BCUT2D eigenvalue weighted by Crippen LogP contribution is -2.20. The Balaban J connectivity index is 1.39. The molecule has 0 saturated heterocycles. The number of ether oxygens (including phenoxy) is 1. The van der Waals surface area contributed by atoms with Crippen molar-refractivity contribution in [3.05, 3.63) is 71.8 Å². The van der Waals surface area contributed by atoms with Crippen molar-refractivity contribution in [2.45, 2.75) is 39.0 Å². The van der Waals surface area contributed by atoms with Gasteiger partial charge in [0.15, 0.2) is 0 Å². The number of hydrogen-bond donors (Lipinski definition) is 3. The van der Waals surface area contributed by atoms with Crippen molar-refractivity contribution in [1.82, 2.24) is 20.6 Å². The van der Waals surface area contributed by atoms with Crippen molar-refractivity contribution in [1.29, 1.82) is 0 Å². The molecule has 8 heteroatoms. The average molecular weight is 495 g/mol. The summed E-state index contributed by atoms with van der Waals surface area (Å²) in [6.07, 6.45) is 5.77. The Hall–Kier alpha value is -4.20. The molecule has 3 N–H and O–H groups in total. The summed E-state index contributed by atoms with van der Waals surface area (Å²) < 4.78 is 6.40. The standard InChI is InChI=1S/C29H30N6O2/c1-18-6-12-23(13-7-18)30-29(36)31-26-16-21(24-4-2-3-5-25(24)28-32-34-35-33-28)15-22(14-19-8-9-19)27(26)37-17-20-10-11-20/h2-7,12-13,15-16,19-20H,8-11,14,17H2,1H3,(H2,30,31,36)(H,32,33,34,35). The van der Waals surface area contributed by atoms with Crippen LogP contribution in [-0.2, 0) is 6.42 Å². The van der Waals surface area contributed by atoms with E-state index in [2.05, 4.69) is 37.3 Å². The Kier molecular flexibility index (Phi) is 6.30. The molecule has 188 valence electrons. The molecule has 0 radical (unpaired) electrons. The maximum Gasteiger partial charge on any atom is 0.323 e. The molecule has 0 unspecified atom stereocenters. The summed E-state index contributed by atoms with van der Waals surface area (Å²) in [6.45, 7) is 2.69. The van der Waals surface area contributed by atoms with Gasteiger partial charge in [-0.25, -0.2) is 4.79 Å². The van der Waals surface area contributed by atoms with Gasteiger partial charge < -0.3 is 15.4 Å². The van der Waals surface area contributed by atoms with E-state index < -0.39 is 0 Å². The van der Waals surface area contributed by atoms with Crippen molar-refractivity contribution >= 4 is 17.4 Å². The second kappa shape index (κ2) is 10.0. The van der Waals surface area contributed by atoms with E-state index in [-0.39, 0.29) is 6.03 Å². The van der Waals surface area contributed by atoms with Crippen molar-refractivity contribution < 1.29 is 9.53 Å². The highest BCUT2D eigenvalue weighted by Crippen LogP contribution is 2.43. The van der Waals surface area contributed by atoms with Crippen LogP contribution in [0, 0.1) is 18.8 Å². The number of hydrogen-bond acceptors (Lipinski definition) is 5. The van der Waals surface area contributed by atoms with Crippen LogP contribution in [0.2, 0.25) is 0 Å². The molecule has 8 nitrogen and oxygen atoms in total. The van der Waals surface area contributed by atoms with E-state index in [1.54, 1.807) is 0 Å². The van der Waals surface area contributed by atoms with Crippen LogP contribution in [0.1, 0.15) is 36.8 Å². The van der Waals surface area contributed by atoms with Gasteiger partial charge >= 0.3 is 6.03 Å². The van der Waals surface area contributed by atoms with Crippen LogP contribution < -0.4 is 15.4 Å². The Labute approximate surface area is 215 Å². The van der Waals surface area contributed by atoms with Gasteiger partial charge in [-0.2, -0.15) is 5.21 Å². The predicted molar refractivity (Wildman–Crippen MR) is 144 cm³/mol. The highest BCUT2D eigenvalue weighted by Gasteiger charge is 2.28. The summed E-state index contributed by atoms with van der Waals surface area (Å²) in [6, 6.07) is 19.6. The minimum atomic E-state index is -0.305. The molecule has 2 aliphatic carbocycles. The molecule has 0 aliphatic heterocycles. The Morgan fingerprint density at radius 2 is 1.73 bits per heavy atom. The number of rotatable bonds is 9. The molecular formula is C29H30N6O2. The number of anilines is 2. The van der Waals surface area contributed by atoms with Crippen LogP contribution >= 0.6 is 0 Å². The first-order valence-corrected chi connectivity index (χ1v) is 12.9. The SMILES string of the molecule is Cc1ccc(NC(=O)Nc2cc(-c3ccccc3-c3nn[nH]n3)cc(CC3CC3)c2OCC2CC2)cc1. The van der Waals surface area contributed by atoms with Crippen molar-refractivity contribution in [3.63, 3.8) is 0 Å². The number of aryl methyl sites for hydroxylation is 1. The minimum Gasteiger partial charge on any atom is -0.491 e. The topological polar surface area (TPSA) is 105 Å². The fourth-order valence-electron chi connectivity index (χ4n) is 4.51. The van der Waals surface area contributed by atoms with Gasteiger partial charge in [-0.3, -0.25) is 0 Å². The normalized spacial score (nSPS) is 14.8. The lowest BCUT2D eigenvalue weighted by molar-refractivity contribution is 0.261. The molecule has 37 heavy (non-hydrogen) atoms. The zero-order valence-corrected chi connectivity index (χ0v) is 20.8. The number of aromatic amines is 1. The molecule has 1 aromatic heterocycles. The fraction of sp³-hybridized carbons (Fsp3) is 0.310. The lowest BCUT2D eigenvalue weighted by Gasteiger charge is -2.20. The Bertz CT molecular complexity index is 1390. The summed E-state index contributed by atoms with van der Waals surface area (Å²) in [5.41, 5.74) is 6.47. The van der Waals surface area contributed by atoms with Crippen LogP contribution in [0.5, 0.6) is 5.75 Å².